The lowest BCUT2D eigenvalue weighted by molar-refractivity contribution is 1.70. The molecular weight excluding hydrogens is 865 g/mol. The predicted octanol–water partition coefficient (Wildman–Crippen LogP) is 20.1. The second-order valence-electron chi connectivity index (χ2n) is 17.7. The van der Waals surface area contributed by atoms with E-state index in [0.717, 1.165) is 0 Å². The third kappa shape index (κ3) is 5.39. The zero-order valence-electron chi connectivity index (χ0n) is 36.0. The minimum atomic E-state index is 1.25. The molecule has 0 aliphatic rings. The van der Waals surface area contributed by atoms with Gasteiger partial charge in [-0.2, -0.15) is 0 Å². The molecular formula is C64H36S3. The number of thiophene rings is 3. The molecule has 0 N–H and O–H groups in total. The maximum absolute atomic E-state index is 2.47. The standard InChI is InChI=1S/C64H36S3/c1-3-20-42-40(18-1)58(41-19-2-4-21-43(41)60(42)52-29-13-26-48-38-16-9-11-31-54(38)66-63(48)52)37-34-35-50-57(36-37)65-56-33-15-28-51(62(50)56)59-44-22-5-7-24-46(44)61(47-25-8-6-23-45(47)59)53-30-14-27-49-39-17-10-12-32-55(39)67-64(49)53/h1-36H. The van der Waals surface area contributed by atoms with Crippen molar-refractivity contribution in [3.05, 3.63) is 218 Å². The number of fused-ring (bicyclic) bond motifs is 13. The summed E-state index contributed by atoms with van der Waals surface area (Å²) < 4.78 is 7.95. The van der Waals surface area contributed by atoms with Gasteiger partial charge >= 0.3 is 0 Å². The molecule has 67 heavy (non-hydrogen) atoms. The van der Waals surface area contributed by atoms with Crippen LogP contribution in [0.15, 0.2) is 218 Å². The quantitative estimate of drug-likeness (QED) is 0.154. The van der Waals surface area contributed by atoms with Crippen LogP contribution in [0.25, 0.3) is 148 Å². The fraction of sp³-hybridized carbons (Fsp3) is 0. The zero-order chi connectivity index (χ0) is 43.7. The molecule has 0 amide bonds. The Morgan fingerprint density at radius 1 is 0.209 bits per heavy atom. The molecule has 3 heterocycles. The van der Waals surface area contributed by atoms with E-state index >= 15 is 0 Å². The zero-order valence-corrected chi connectivity index (χ0v) is 38.5. The van der Waals surface area contributed by atoms with Gasteiger partial charge in [0.05, 0.1) is 0 Å². The number of benzene rings is 12. The molecule has 0 atom stereocenters. The molecule has 0 aliphatic heterocycles. The Labute approximate surface area is 397 Å². The summed E-state index contributed by atoms with van der Waals surface area (Å²) in [6.45, 7) is 0. The first-order valence-corrected chi connectivity index (χ1v) is 25.4. The van der Waals surface area contributed by atoms with Crippen molar-refractivity contribution in [1.82, 2.24) is 0 Å². The largest absolute Gasteiger partial charge is 0.135 e. The van der Waals surface area contributed by atoms with E-state index in [-0.39, 0.29) is 0 Å². The highest BCUT2D eigenvalue weighted by Gasteiger charge is 2.23. The number of hydrogen-bond acceptors (Lipinski definition) is 3. The molecule has 0 aliphatic carbocycles. The van der Waals surface area contributed by atoms with E-state index in [1.165, 1.54) is 148 Å². The molecule has 310 valence electrons. The third-order valence-electron chi connectivity index (χ3n) is 14.3. The summed E-state index contributed by atoms with van der Waals surface area (Å²) in [6.07, 6.45) is 0. The molecule has 0 unspecified atom stereocenters. The van der Waals surface area contributed by atoms with E-state index < -0.39 is 0 Å². The van der Waals surface area contributed by atoms with E-state index in [0.29, 0.717) is 0 Å². The molecule has 0 saturated heterocycles. The van der Waals surface area contributed by atoms with Crippen LogP contribution >= 0.6 is 34.0 Å². The monoisotopic (exact) mass is 900 g/mol. The molecule has 0 nitrogen and oxygen atoms in total. The minimum absolute atomic E-state index is 1.25. The molecule has 0 bridgehead atoms. The van der Waals surface area contributed by atoms with Crippen molar-refractivity contribution in [2.75, 3.05) is 0 Å². The smallest absolute Gasteiger partial charge is 0.0434 e. The number of hydrogen-bond donors (Lipinski definition) is 0. The van der Waals surface area contributed by atoms with Crippen LogP contribution in [0.1, 0.15) is 0 Å². The van der Waals surface area contributed by atoms with Crippen molar-refractivity contribution >= 4 is 138 Å². The summed E-state index contributed by atoms with van der Waals surface area (Å²) in [7, 11) is 0. The lowest BCUT2D eigenvalue weighted by Crippen LogP contribution is -1.91. The highest BCUT2D eigenvalue weighted by molar-refractivity contribution is 7.27. The van der Waals surface area contributed by atoms with Gasteiger partial charge in [0.2, 0.25) is 0 Å². The van der Waals surface area contributed by atoms with Gasteiger partial charge in [-0.25, -0.2) is 0 Å². The van der Waals surface area contributed by atoms with Gasteiger partial charge in [-0.1, -0.05) is 194 Å². The summed E-state index contributed by atoms with van der Waals surface area (Å²) >= 11 is 5.72. The number of rotatable bonds is 4. The second-order valence-corrected chi connectivity index (χ2v) is 20.9. The van der Waals surface area contributed by atoms with E-state index in [2.05, 4.69) is 218 Å². The fourth-order valence-corrected chi connectivity index (χ4v) is 15.1. The Balaban J connectivity index is 0.957. The molecule has 0 spiro atoms. The van der Waals surface area contributed by atoms with Gasteiger partial charge in [0.25, 0.3) is 0 Å². The predicted molar refractivity (Wildman–Crippen MR) is 297 cm³/mol. The Morgan fingerprint density at radius 2 is 0.567 bits per heavy atom. The summed E-state index contributed by atoms with van der Waals surface area (Å²) in [6, 6.07) is 82.0. The summed E-state index contributed by atoms with van der Waals surface area (Å²) in [5.41, 5.74) is 10.3. The topological polar surface area (TPSA) is 0 Å². The van der Waals surface area contributed by atoms with E-state index in [4.69, 9.17) is 0 Å². The normalized spacial score (nSPS) is 12.2. The van der Waals surface area contributed by atoms with Crippen LogP contribution in [0, 0.1) is 0 Å². The lowest BCUT2D eigenvalue weighted by Gasteiger charge is -2.19. The first-order chi connectivity index (χ1) is 33.3. The molecule has 12 aromatic carbocycles. The third-order valence-corrected chi connectivity index (χ3v) is 17.8. The highest BCUT2D eigenvalue weighted by Crippen LogP contribution is 2.52. The van der Waals surface area contributed by atoms with Crippen molar-refractivity contribution < 1.29 is 0 Å². The Hall–Kier alpha value is -7.66. The van der Waals surface area contributed by atoms with Crippen LogP contribution in [0.2, 0.25) is 0 Å². The van der Waals surface area contributed by atoms with Gasteiger partial charge in [-0.05, 0) is 101 Å². The van der Waals surface area contributed by atoms with Crippen molar-refractivity contribution in [2.45, 2.75) is 0 Å². The van der Waals surface area contributed by atoms with Crippen molar-refractivity contribution in [1.29, 1.82) is 0 Å². The minimum Gasteiger partial charge on any atom is -0.135 e. The Morgan fingerprint density at radius 3 is 1.04 bits per heavy atom. The Kier molecular flexibility index (Phi) is 8.08. The van der Waals surface area contributed by atoms with Crippen molar-refractivity contribution in [3.63, 3.8) is 0 Å². The van der Waals surface area contributed by atoms with Gasteiger partial charge in [-0.15, -0.1) is 34.0 Å². The van der Waals surface area contributed by atoms with Gasteiger partial charge in [-0.3, -0.25) is 0 Å². The summed E-state index contributed by atoms with van der Waals surface area (Å²) in [4.78, 5) is 0. The Bertz CT molecular complexity index is 4460. The first kappa shape index (κ1) is 37.5. The first-order valence-electron chi connectivity index (χ1n) is 22.9. The van der Waals surface area contributed by atoms with Crippen molar-refractivity contribution in [2.24, 2.45) is 0 Å². The van der Waals surface area contributed by atoms with Crippen LogP contribution in [0.3, 0.4) is 0 Å². The molecule has 3 aromatic heterocycles. The molecule has 3 heteroatoms. The second kappa shape index (κ2) is 14.4. The fourth-order valence-electron chi connectivity index (χ4n) is 11.5. The highest BCUT2D eigenvalue weighted by atomic mass is 32.1. The molecule has 0 fully saturated rings. The van der Waals surface area contributed by atoms with Crippen LogP contribution in [-0.2, 0) is 0 Å². The SMILES string of the molecule is c1ccc2c(c1)sc1c(-c3c4ccccc4c(-c4ccc5c(c4)sc4cccc(-c6c7ccccc7c(-c7cccc8c7sc7ccccc78)c7ccccc67)c45)c4ccccc34)cccc12. The van der Waals surface area contributed by atoms with Gasteiger partial charge in [0.15, 0.2) is 0 Å². The molecule has 0 saturated carbocycles. The van der Waals surface area contributed by atoms with Crippen LogP contribution in [-0.4, -0.2) is 0 Å². The van der Waals surface area contributed by atoms with Gasteiger partial charge in [0.1, 0.15) is 0 Å². The van der Waals surface area contributed by atoms with E-state index in [1.807, 2.05) is 34.0 Å². The van der Waals surface area contributed by atoms with E-state index in [1.54, 1.807) is 0 Å². The maximum Gasteiger partial charge on any atom is 0.0434 e. The molecule has 0 radical (unpaired) electrons. The lowest BCUT2D eigenvalue weighted by atomic mass is 9.84. The van der Waals surface area contributed by atoms with Gasteiger partial charge in [0, 0.05) is 71.6 Å². The average molecular weight is 901 g/mol. The van der Waals surface area contributed by atoms with Crippen LogP contribution < -0.4 is 0 Å². The maximum atomic E-state index is 2.47. The average Bonchev–Trinajstić information content (AvgIpc) is 4.09. The van der Waals surface area contributed by atoms with E-state index in [9.17, 15) is 0 Å². The van der Waals surface area contributed by atoms with Crippen LogP contribution in [0.4, 0.5) is 0 Å². The van der Waals surface area contributed by atoms with Gasteiger partial charge < -0.3 is 0 Å². The van der Waals surface area contributed by atoms with Crippen LogP contribution in [0.5, 0.6) is 0 Å². The van der Waals surface area contributed by atoms with Crippen molar-refractivity contribution in [3.8, 4) is 44.5 Å². The summed E-state index contributed by atoms with van der Waals surface area (Å²) in [5, 5.41) is 18.2. The molecule has 15 rings (SSSR count). The molecule has 15 aromatic rings. The summed E-state index contributed by atoms with van der Waals surface area (Å²) in [5.74, 6) is 0.